The molecule has 76 valence electrons. The van der Waals surface area contributed by atoms with Crippen LogP contribution in [0.2, 0.25) is 0 Å². The molecule has 1 aromatic carbocycles. The Morgan fingerprint density at radius 1 is 1.50 bits per heavy atom. The fourth-order valence-electron chi connectivity index (χ4n) is 1.11. The van der Waals surface area contributed by atoms with E-state index < -0.39 is 0 Å². The lowest BCUT2D eigenvalue weighted by Gasteiger charge is -2.12. The number of amides is 1. The van der Waals surface area contributed by atoms with Gasteiger partial charge in [-0.2, -0.15) is 0 Å². The van der Waals surface area contributed by atoms with Crippen LogP contribution in [-0.4, -0.2) is 11.9 Å². The second-order valence-electron chi connectivity index (χ2n) is 3.37. The number of hydrogen-bond donors (Lipinski definition) is 2. The molecule has 0 saturated heterocycles. The second-order valence-corrected chi connectivity index (χ2v) is 3.37. The predicted molar refractivity (Wildman–Crippen MR) is 58.1 cm³/mol. The molecule has 0 aliphatic carbocycles. The Morgan fingerprint density at radius 2 is 2.14 bits per heavy atom. The summed E-state index contributed by atoms with van der Waals surface area (Å²) in [5, 5.41) is 2.87. The highest BCUT2D eigenvalue weighted by Crippen LogP contribution is 2.10. The molecule has 1 aromatic rings. The molecule has 1 amide bonds. The van der Waals surface area contributed by atoms with Crippen LogP contribution in [0.4, 0.5) is 5.69 Å². The van der Waals surface area contributed by atoms with Crippen molar-refractivity contribution in [3.63, 3.8) is 0 Å². The third kappa shape index (κ3) is 2.49. The van der Waals surface area contributed by atoms with Crippen molar-refractivity contribution in [2.75, 3.05) is 5.73 Å². The first-order chi connectivity index (χ1) is 6.65. The SMILES string of the molecule is CC[C@H](C)NC(=O)c1ccccc1N. The number of hydrogen-bond acceptors (Lipinski definition) is 2. The van der Waals surface area contributed by atoms with Gasteiger partial charge in [0.15, 0.2) is 0 Å². The zero-order valence-corrected chi connectivity index (χ0v) is 8.58. The van der Waals surface area contributed by atoms with Gasteiger partial charge in [-0.05, 0) is 25.5 Å². The van der Waals surface area contributed by atoms with Crippen LogP contribution in [0, 0.1) is 0 Å². The highest BCUT2D eigenvalue weighted by molar-refractivity contribution is 5.99. The molecule has 0 aliphatic heterocycles. The lowest BCUT2D eigenvalue weighted by atomic mass is 10.1. The lowest BCUT2D eigenvalue weighted by molar-refractivity contribution is 0.0940. The topological polar surface area (TPSA) is 55.1 Å². The third-order valence-electron chi connectivity index (χ3n) is 2.20. The highest BCUT2D eigenvalue weighted by Gasteiger charge is 2.10. The summed E-state index contributed by atoms with van der Waals surface area (Å²) in [6.45, 7) is 4.00. The maximum Gasteiger partial charge on any atom is 0.253 e. The molecule has 3 heteroatoms. The van der Waals surface area contributed by atoms with E-state index in [0.717, 1.165) is 6.42 Å². The molecule has 1 atom stereocenters. The van der Waals surface area contributed by atoms with Crippen molar-refractivity contribution >= 4 is 11.6 Å². The van der Waals surface area contributed by atoms with E-state index in [-0.39, 0.29) is 11.9 Å². The number of benzene rings is 1. The van der Waals surface area contributed by atoms with E-state index >= 15 is 0 Å². The largest absolute Gasteiger partial charge is 0.398 e. The Bertz CT molecular complexity index is 323. The first kappa shape index (κ1) is 10.6. The molecule has 0 bridgehead atoms. The fourth-order valence-corrected chi connectivity index (χ4v) is 1.11. The summed E-state index contributed by atoms with van der Waals surface area (Å²) in [4.78, 5) is 11.6. The van der Waals surface area contributed by atoms with Gasteiger partial charge in [0.1, 0.15) is 0 Å². The molecule has 0 radical (unpaired) electrons. The van der Waals surface area contributed by atoms with Gasteiger partial charge in [-0.3, -0.25) is 4.79 Å². The summed E-state index contributed by atoms with van der Waals surface area (Å²) in [6.07, 6.45) is 0.915. The number of nitrogen functional groups attached to an aromatic ring is 1. The van der Waals surface area contributed by atoms with Crippen LogP contribution in [0.15, 0.2) is 24.3 Å². The van der Waals surface area contributed by atoms with Crippen molar-refractivity contribution < 1.29 is 4.79 Å². The average molecular weight is 192 g/mol. The Labute approximate surface area is 84.3 Å². The Hall–Kier alpha value is -1.51. The van der Waals surface area contributed by atoms with Gasteiger partial charge >= 0.3 is 0 Å². The van der Waals surface area contributed by atoms with Gasteiger partial charge in [-0.25, -0.2) is 0 Å². The number of anilines is 1. The molecule has 3 nitrogen and oxygen atoms in total. The number of carbonyl (C=O) groups is 1. The fraction of sp³-hybridized carbons (Fsp3) is 0.364. The van der Waals surface area contributed by atoms with E-state index in [9.17, 15) is 4.79 Å². The van der Waals surface area contributed by atoms with Crippen LogP contribution >= 0.6 is 0 Å². The van der Waals surface area contributed by atoms with Crippen LogP contribution in [0.25, 0.3) is 0 Å². The zero-order chi connectivity index (χ0) is 10.6. The Kier molecular flexibility index (Phi) is 3.51. The van der Waals surface area contributed by atoms with Crippen molar-refractivity contribution in [1.82, 2.24) is 5.32 Å². The molecule has 0 saturated carbocycles. The Morgan fingerprint density at radius 3 is 2.71 bits per heavy atom. The zero-order valence-electron chi connectivity index (χ0n) is 8.58. The summed E-state index contributed by atoms with van der Waals surface area (Å²) < 4.78 is 0. The molecule has 0 aromatic heterocycles. The van der Waals surface area contributed by atoms with Gasteiger partial charge in [0.05, 0.1) is 5.56 Å². The van der Waals surface area contributed by atoms with Crippen molar-refractivity contribution in [3.8, 4) is 0 Å². The van der Waals surface area contributed by atoms with Crippen molar-refractivity contribution in [3.05, 3.63) is 29.8 Å². The van der Waals surface area contributed by atoms with E-state index in [4.69, 9.17) is 5.73 Å². The standard InChI is InChI=1S/C11H16N2O/c1-3-8(2)13-11(14)9-6-4-5-7-10(9)12/h4-8H,3,12H2,1-2H3,(H,13,14)/t8-/m0/s1. The molecule has 14 heavy (non-hydrogen) atoms. The molecule has 3 N–H and O–H groups in total. The maximum absolute atomic E-state index is 11.6. The molecule has 0 unspecified atom stereocenters. The summed E-state index contributed by atoms with van der Waals surface area (Å²) >= 11 is 0. The van der Waals surface area contributed by atoms with Crippen molar-refractivity contribution in [1.29, 1.82) is 0 Å². The van der Waals surface area contributed by atoms with Gasteiger partial charge < -0.3 is 11.1 Å². The third-order valence-corrected chi connectivity index (χ3v) is 2.20. The molecule has 0 heterocycles. The van der Waals surface area contributed by atoms with E-state index in [1.54, 1.807) is 12.1 Å². The predicted octanol–water partition coefficient (Wildman–Crippen LogP) is 1.80. The normalized spacial score (nSPS) is 12.1. The van der Waals surface area contributed by atoms with Crippen LogP contribution in [0.3, 0.4) is 0 Å². The Balaban J connectivity index is 2.75. The number of nitrogens with one attached hydrogen (secondary N) is 1. The molecular formula is C11H16N2O. The van der Waals surface area contributed by atoms with E-state index in [1.807, 2.05) is 26.0 Å². The van der Waals surface area contributed by atoms with Gasteiger partial charge in [0.25, 0.3) is 5.91 Å². The van der Waals surface area contributed by atoms with E-state index in [1.165, 1.54) is 0 Å². The minimum atomic E-state index is -0.0996. The van der Waals surface area contributed by atoms with Gasteiger partial charge in [-0.15, -0.1) is 0 Å². The van der Waals surface area contributed by atoms with E-state index in [2.05, 4.69) is 5.32 Å². The molecule has 1 rings (SSSR count). The molecule has 0 spiro atoms. The van der Waals surface area contributed by atoms with Gasteiger partial charge in [-0.1, -0.05) is 19.1 Å². The first-order valence-corrected chi connectivity index (χ1v) is 4.80. The summed E-state index contributed by atoms with van der Waals surface area (Å²) in [7, 11) is 0. The van der Waals surface area contributed by atoms with Crippen LogP contribution in [-0.2, 0) is 0 Å². The number of carbonyl (C=O) groups excluding carboxylic acids is 1. The minimum absolute atomic E-state index is 0.0996. The van der Waals surface area contributed by atoms with Crippen LogP contribution in [0.5, 0.6) is 0 Å². The molecular weight excluding hydrogens is 176 g/mol. The van der Waals surface area contributed by atoms with Gasteiger partial charge in [0.2, 0.25) is 0 Å². The summed E-state index contributed by atoms with van der Waals surface area (Å²) in [6, 6.07) is 7.26. The monoisotopic (exact) mass is 192 g/mol. The number of nitrogens with two attached hydrogens (primary N) is 1. The van der Waals surface area contributed by atoms with Crippen molar-refractivity contribution in [2.24, 2.45) is 0 Å². The lowest BCUT2D eigenvalue weighted by Crippen LogP contribution is -2.32. The quantitative estimate of drug-likeness (QED) is 0.717. The smallest absolute Gasteiger partial charge is 0.253 e. The van der Waals surface area contributed by atoms with E-state index in [0.29, 0.717) is 11.3 Å². The summed E-state index contributed by atoms with van der Waals surface area (Å²) in [5.41, 5.74) is 6.75. The van der Waals surface area contributed by atoms with Crippen LogP contribution in [0.1, 0.15) is 30.6 Å². The molecule has 0 aliphatic rings. The van der Waals surface area contributed by atoms with Crippen LogP contribution < -0.4 is 11.1 Å². The average Bonchev–Trinajstić information content (AvgIpc) is 2.18. The highest BCUT2D eigenvalue weighted by atomic mass is 16.1. The second kappa shape index (κ2) is 4.65. The van der Waals surface area contributed by atoms with Gasteiger partial charge in [0, 0.05) is 11.7 Å². The maximum atomic E-state index is 11.6. The number of para-hydroxylation sites is 1. The first-order valence-electron chi connectivity index (χ1n) is 4.80. The summed E-state index contributed by atoms with van der Waals surface area (Å²) in [5.74, 6) is -0.0996. The molecule has 0 fully saturated rings. The minimum Gasteiger partial charge on any atom is -0.398 e. The van der Waals surface area contributed by atoms with Crippen molar-refractivity contribution in [2.45, 2.75) is 26.3 Å². The number of rotatable bonds is 3.